The first-order valence-electron chi connectivity index (χ1n) is 10.4. The number of imidazole rings is 1. The number of hydrogen-bond acceptors (Lipinski definition) is 4. The fourth-order valence-electron chi connectivity index (χ4n) is 4.07. The Morgan fingerprint density at radius 1 is 1.32 bits per heavy atom. The standard InChI is InChI=1S/C22H26F3N5O/c1-2-3-4-18-12-29(14-22(23,24)25)21(31)13-30(18)20(19-11-27-15-28-19)9-16-5-7-17(10-26)8-6-16/h5-8,11,15,18,20H,2-4,9,12-14H2,1H3,(H,27,28)/t18-,20?/m0/s1. The Morgan fingerprint density at radius 2 is 2.06 bits per heavy atom. The van der Waals surface area contributed by atoms with Crippen LogP contribution < -0.4 is 0 Å². The Labute approximate surface area is 179 Å². The summed E-state index contributed by atoms with van der Waals surface area (Å²) in [6.07, 6.45) is 1.86. The predicted octanol–water partition coefficient (Wildman–Crippen LogP) is 3.83. The van der Waals surface area contributed by atoms with Crippen molar-refractivity contribution in [1.29, 1.82) is 5.26 Å². The number of nitrogens with one attached hydrogen (secondary N) is 1. The molecule has 2 aromatic rings. The number of aromatic amines is 1. The number of rotatable bonds is 8. The van der Waals surface area contributed by atoms with Gasteiger partial charge < -0.3 is 9.88 Å². The third-order valence-corrected chi connectivity index (χ3v) is 5.62. The normalized spacial score (nSPS) is 18.7. The van der Waals surface area contributed by atoms with Crippen molar-refractivity contribution in [3.63, 3.8) is 0 Å². The number of carbonyl (C=O) groups excluding carboxylic acids is 1. The number of amides is 1. The van der Waals surface area contributed by atoms with E-state index in [1.54, 1.807) is 24.7 Å². The minimum Gasteiger partial charge on any atom is -0.347 e. The van der Waals surface area contributed by atoms with Gasteiger partial charge in [-0.1, -0.05) is 31.9 Å². The number of unbranched alkanes of at least 4 members (excludes halogenated alkanes) is 1. The van der Waals surface area contributed by atoms with E-state index in [0.717, 1.165) is 29.0 Å². The van der Waals surface area contributed by atoms with Crippen molar-refractivity contribution in [2.24, 2.45) is 0 Å². The molecule has 0 spiro atoms. The lowest BCUT2D eigenvalue weighted by Gasteiger charge is -2.45. The number of piperazine rings is 1. The van der Waals surface area contributed by atoms with Crippen LogP contribution in [0.3, 0.4) is 0 Å². The van der Waals surface area contributed by atoms with Gasteiger partial charge in [-0.3, -0.25) is 9.69 Å². The van der Waals surface area contributed by atoms with Crippen LogP contribution >= 0.6 is 0 Å². The zero-order valence-corrected chi connectivity index (χ0v) is 17.4. The highest BCUT2D eigenvalue weighted by Crippen LogP contribution is 2.31. The number of benzene rings is 1. The summed E-state index contributed by atoms with van der Waals surface area (Å²) in [4.78, 5) is 22.8. The van der Waals surface area contributed by atoms with Gasteiger partial charge in [0.25, 0.3) is 0 Å². The molecule has 9 heteroatoms. The van der Waals surface area contributed by atoms with Crippen LogP contribution in [0.5, 0.6) is 0 Å². The minimum absolute atomic E-state index is 0.0519. The number of aromatic nitrogens is 2. The van der Waals surface area contributed by atoms with Gasteiger partial charge in [-0.15, -0.1) is 0 Å². The number of carbonyl (C=O) groups is 1. The third-order valence-electron chi connectivity index (χ3n) is 5.62. The van der Waals surface area contributed by atoms with E-state index in [2.05, 4.69) is 16.0 Å². The molecular weight excluding hydrogens is 407 g/mol. The summed E-state index contributed by atoms with van der Waals surface area (Å²) in [6.45, 7) is 0.794. The van der Waals surface area contributed by atoms with E-state index in [9.17, 15) is 18.0 Å². The summed E-state index contributed by atoms with van der Waals surface area (Å²) in [6, 6.07) is 8.86. The number of nitriles is 1. The molecule has 0 bridgehead atoms. The molecule has 0 radical (unpaired) electrons. The molecule has 1 N–H and O–H groups in total. The second-order valence-corrected chi connectivity index (χ2v) is 7.89. The first kappa shape index (κ1) is 22.8. The molecule has 2 heterocycles. The predicted molar refractivity (Wildman–Crippen MR) is 109 cm³/mol. The Kier molecular flexibility index (Phi) is 7.33. The van der Waals surface area contributed by atoms with Crippen LogP contribution in [-0.4, -0.2) is 57.5 Å². The molecule has 1 saturated heterocycles. The fourth-order valence-corrected chi connectivity index (χ4v) is 4.07. The average Bonchev–Trinajstić information content (AvgIpc) is 3.26. The van der Waals surface area contributed by atoms with E-state index in [-0.39, 0.29) is 25.2 Å². The van der Waals surface area contributed by atoms with Crippen LogP contribution in [-0.2, 0) is 11.2 Å². The quantitative estimate of drug-likeness (QED) is 0.687. The number of hydrogen-bond donors (Lipinski definition) is 1. The average molecular weight is 433 g/mol. The van der Waals surface area contributed by atoms with Gasteiger partial charge in [0.05, 0.1) is 36.2 Å². The smallest absolute Gasteiger partial charge is 0.347 e. The summed E-state index contributed by atoms with van der Waals surface area (Å²) in [5, 5.41) is 9.02. The Hall–Kier alpha value is -2.86. The van der Waals surface area contributed by atoms with Crippen molar-refractivity contribution in [1.82, 2.24) is 19.8 Å². The molecule has 0 saturated carbocycles. The molecule has 0 aliphatic carbocycles. The van der Waals surface area contributed by atoms with E-state index >= 15 is 0 Å². The SMILES string of the molecule is CCCC[C@H]1CN(CC(F)(F)F)C(=O)CN1C(Cc1ccc(C#N)cc1)c1cnc[nH]1. The second-order valence-electron chi connectivity index (χ2n) is 7.89. The van der Waals surface area contributed by atoms with E-state index in [0.29, 0.717) is 18.4 Å². The second kappa shape index (κ2) is 9.96. The molecule has 1 fully saturated rings. The molecular formula is C22H26F3N5O. The fraction of sp³-hybridized carbons (Fsp3) is 0.500. The van der Waals surface area contributed by atoms with E-state index in [1.807, 2.05) is 24.0 Å². The maximum atomic E-state index is 13.0. The largest absolute Gasteiger partial charge is 0.406 e. The summed E-state index contributed by atoms with van der Waals surface area (Å²) in [5.74, 6) is -0.519. The Bertz CT molecular complexity index is 889. The van der Waals surface area contributed by atoms with Crippen molar-refractivity contribution in [2.75, 3.05) is 19.6 Å². The monoisotopic (exact) mass is 433 g/mol. The van der Waals surface area contributed by atoms with Gasteiger partial charge in [-0.2, -0.15) is 18.4 Å². The Morgan fingerprint density at radius 3 is 2.65 bits per heavy atom. The lowest BCUT2D eigenvalue weighted by Crippen LogP contribution is -2.58. The van der Waals surface area contributed by atoms with Gasteiger partial charge in [0.2, 0.25) is 5.91 Å². The van der Waals surface area contributed by atoms with Crippen LogP contribution in [0, 0.1) is 11.3 Å². The van der Waals surface area contributed by atoms with Gasteiger partial charge >= 0.3 is 6.18 Å². The minimum atomic E-state index is -4.42. The van der Waals surface area contributed by atoms with E-state index < -0.39 is 18.6 Å². The molecule has 3 rings (SSSR count). The molecule has 1 unspecified atom stereocenters. The summed E-state index contributed by atoms with van der Waals surface area (Å²) >= 11 is 0. The summed E-state index contributed by atoms with van der Waals surface area (Å²) in [7, 11) is 0. The highest BCUT2D eigenvalue weighted by Gasteiger charge is 2.41. The third kappa shape index (κ3) is 6.07. The number of halogens is 3. The van der Waals surface area contributed by atoms with Crippen molar-refractivity contribution < 1.29 is 18.0 Å². The first-order valence-corrected chi connectivity index (χ1v) is 10.4. The van der Waals surface area contributed by atoms with Crippen molar-refractivity contribution in [3.8, 4) is 6.07 Å². The molecule has 1 amide bonds. The highest BCUT2D eigenvalue weighted by molar-refractivity contribution is 5.79. The summed E-state index contributed by atoms with van der Waals surface area (Å²) in [5.41, 5.74) is 2.33. The molecule has 1 aromatic heterocycles. The molecule has 6 nitrogen and oxygen atoms in total. The lowest BCUT2D eigenvalue weighted by molar-refractivity contribution is -0.169. The highest BCUT2D eigenvalue weighted by atomic mass is 19.4. The first-order chi connectivity index (χ1) is 14.8. The maximum absolute atomic E-state index is 13.0. The van der Waals surface area contributed by atoms with Gasteiger partial charge in [0.1, 0.15) is 6.54 Å². The topological polar surface area (TPSA) is 76.0 Å². The molecule has 166 valence electrons. The molecule has 2 atom stereocenters. The Balaban J connectivity index is 1.88. The van der Waals surface area contributed by atoms with E-state index in [4.69, 9.17) is 5.26 Å². The van der Waals surface area contributed by atoms with Crippen molar-refractivity contribution >= 4 is 5.91 Å². The number of H-pyrrole nitrogens is 1. The summed E-state index contributed by atoms with van der Waals surface area (Å²) < 4.78 is 38.9. The van der Waals surface area contributed by atoms with Gasteiger partial charge in [0.15, 0.2) is 0 Å². The molecule has 1 aliphatic rings. The van der Waals surface area contributed by atoms with Gasteiger partial charge in [0, 0.05) is 18.8 Å². The maximum Gasteiger partial charge on any atom is 0.406 e. The lowest BCUT2D eigenvalue weighted by atomic mass is 9.96. The van der Waals surface area contributed by atoms with Crippen molar-refractivity contribution in [2.45, 2.75) is 50.9 Å². The molecule has 31 heavy (non-hydrogen) atoms. The zero-order chi connectivity index (χ0) is 22.4. The van der Waals surface area contributed by atoms with Gasteiger partial charge in [-0.25, -0.2) is 4.98 Å². The van der Waals surface area contributed by atoms with Crippen LogP contribution in [0.4, 0.5) is 13.2 Å². The van der Waals surface area contributed by atoms with E-state index in [1.165, 1.54) is 0 Å². The van der Waals surface area contributed by atoms with Crippen molar-refractivity contribution in [3.05, 3.63) is 53.6 Å². The molecule has 1 aromatic carbocycles. The number of alkyl halides is 3. The number of nitrogens with zero attached hydrogens (tertiary/aromatic N) is 4. The van der Waals surface area contributed by atoms with Gasteiger partial charge in [-0.05, 0) is 30.5 Å². The van der Waals surface area contributed by atoms with Crippen LogP contribution in [0.15, 0.2) is 36.8 Å². The van der Waals surface area contributed by atoms with Crippen LogP contribution in [0.2, 0.25) is 0 Å². The van der Waals surface area contributed by atoms with Crippen LogP contribution in [0.1, 0.15) is 49.0 Å². The zero-order valence-electron chi connectivity index (χ0n) is 17.4. The van der Waals surface area contributed by atoms with Crippen LogP contribution in [0.25, 0.3) is 0 Å². The molecule has 1 aliphatic heterocycles.